The van der Waals surface area contributed by atoms with E-state index in [2.05, 4.69) is 10.2 Å². The summed E-state index contributed by atoms with van der Waals surface area (Å²) in [4.78, 5) is 28.6. The second-order valence-corrected chi connectivity index (χ2v) is 7.02. The van der Waals surface area contributed by atoms with Crippen molar-refractivity contribution in [2.75, 3.05) is 20.1 Å². The van der Waals surface area contributed by atoms with Gasteiger partial charge in [-0.3, -0.25) is 9.89 Å². The molecule has 3 aromatic rings. The van der Waals surface area contributed by atoms with Gasteiger partial charge in [0.1, 0.15) is 6.61 Å². The van der Waals surface area contributed by atoms with Gasteiger partial charge in [-0.2, -0.15) is 5.10 Å². The zero-order valence-electron chi connectivity index (χ0n) is 15.7. The SMILES string of the molecule is CN(C(=O)OCc1ccccc1)C1CCN(C(=O)c2ccc3[nH]ncc3c2)C1. The Morgan fingerprint density at radius 2 is 2.07 bits per heavy atom. The monoisotopic (exact) mass is 378 g/mol. The Kier molecular flexibility index (Phi) is 4.97. The Morgan fingerprint density at radius 1 is 1.25 bits per heavy atom. The fourth-order valence-corrected chi connectivity index (χ4v) is 3.47. The zero-order valence-corrected chi connectivity index (χ0v) is 15.7. The van der Waals surface area contributed by atoms with Crippen LogP contribution >= 0.6 is 0 Å². The van der Waals surface area contributed by atoms with E-state index in [1.165, 1.54) is 0 Å². The molecule has 0 aliphatic carbocycles. The smallest absolute Gasteiger partial charge is 0.410 e. The van der Waals surface area contributed by atoms with Gasteiger partial charge in [0.15, 0.2) is 0 Å². The van der Waals surface area contributed by atoms with Crippen molar-refractivity contribution in [2.45, 2.75) is 19.1 Å². The van der Waals surface area contributed by atoms with E-state index < -0.39 is 0 Å². The molecule has 1 aromatic heterocycles. The van der Waals surface area contributed by atoms with Crippen LogP contribution < -0.4 is 0 Å². The maximum Gasteiger partial charge on any atom is 0.410 e. The number of benzene rings is 2. The third kappa shape index (κ3) is 3.69. The van der Waals surface area contributed by atoms with Gasteiger partial charge < -0.3 is 14.5 Å². The highest BCUT2D eigenvalue weighted by Crippen LogP contribution is 2.20. The maximum atomic E-state index is 12.8. The first kappa shape index (κ1) is 18.0. The minimum Gasteiger partial charge on any atom is -0.445 e. The third-order valence-corrected chi connectivity index (χ3v) is 5.18. The number of hydrogen-bond acceptors (Lipinski definition) is 4. The molecule has 1 unspecified atom stereocenters. The summed E-state index contributed by atoms with van der Waals surface area (Å²) in [6.07, 6.45) is 2.06. The summed E-state index contributed by atoms with van der Waals surface area (Å²) in [5.41, 5.74) is 2.47. The van der Waals surface area contributed by atoms with E-state index in [0.29, 0.717) is 18.7 Å². The molecule has 1 atom stereocenters. The number of carbonyl (C=O) groups is 2. The largest absolute Gasteiger partial charge is 0.445 e. The number of nitrogens with one attached hydrogen (secondary N) is 1. The molecule has 1 aliphatic rings. The minimum atomic E-state index is -0.372. The van der Waals surface area contributed by atoms with Crippen LogP contribution in [-0.2, 0) is 11.3 Å². The van der Waals surface area contributed by atoms with Crippen LogP contribution in [0.25, 0.3) is 10.9 Å². The molecule has 1 aliphatic heterocycles. The number of carbonyl (C=O) groups excluding carboxylic acids is 2. The lowest BCUT2D eigenvalue weighted by Gasteiger charge is -2.24. The number of ether oxygens (including phenoxy) is 1. The summed E-state index contributed by atoms with van der Waals surface area (Å²) >= 11 is 0. The second kappa shape index (κ2) is 7.72. The molecule has 28 heavy (non-hydrogen) atoms. The van der Waals surface area contributed by atoms with Crippen molar-refractivity contribution in [1.82, 2.24) is 20.0 Å². The standard InChI is InChI=1S/C21H22N4O3/c1-24(21(27)28-14-15-5-3-2-4-6-15)18-9-10-25(13-18)20(26)16-7-8-19-17(11-16)12-22-23-19/h2-8,11-12,18H,9-10,13-14H2,1H3,(H,22,23). The van der Waals surface area contributed by atoms with Crippen LogP contribution in [0.1, 0.15) is 22.3 Å². The quantitative estimate of drug-likeness (QED) is 0.757. The number of aromatic nitrogens is 2. The fourth-order valence-electron chi connectivity index (χ4n) is 3.47. The van der Waals surface area contributed by atoms with Crippen molar-refractivity contribution in [3.8, 4) is 0 Å². The molecule has 1 N–H and O–H groups in total. The summed E-state index contributed by atoms with van der Waals surface area (Å²) in [7, 11) is 1.73. The molecule has 0 saturated carbocycles. The number of likely N-dealkylation sites (tertiary alicyclic amines) is 1. The van der Waals surface area contributed by atoms with Crippen LogP contribution in [0.15, 0.2) is 54.7 Å². The van der Waals surface area contributed by atoms with E-state index >= 15 is 0 Å². The van der Waals surface area contributed by atoms with Gasteiger partial charge in [-0.05, 0) is 30.2 Å². The van der Waals surface area contributed by atoms with Crippen LogP contribution in [0, 0.1) is 0 Å². The van der Waals surface area contributed by atoms with E-state index in [-0.39, 0.29) is 24.6 Å². The number of likely N-dealkylation sites (N-methyl/N-ethyl adjacent to an activating group) is 1. The first-order chi connectivity index (χ1) is 13.6. The lowest BCUT2D eigenvalue weighted by molar-refractivity contribution is 0.0752. The van der Waals surface area contributed by atoms with Crippen LogP contribution in [0.3, 0.4) is 0 Å². The van der Waals surface area contributed by atoms with Crippen LogP contribution in [0.4, 0.5) is 4.79 Å². The third-order valence-electron chi connectivity index (χ3n) is 5.18. The average molecular weight is 378 g/mol. The van der Waals surface area contributed by atoms with Crippen molar-refractivity contribution >= 4 is 22.9 Å². The van der Waals surface area contributed by atoms with Crippen LogP contribution in [0.5, 0.6) is 0 Å². The Morgan fingerprint density at radius 3 is 2.89 bits per heavy atom. The van der Waals surface area contributed by atoms with Crippen molar-refractivity contribution in [3.05, 3.63) is 65.9 Å². The Bertz CT molecular complexity index is 985. The second-order valence-electron chi connectivity index (χ2n) is 7.02. The van der Waals surface area contributed by atoms with Gasteiger partial charge in [0.25, 0.3) is 5.91 Å². The molecule has 1 fully saturated rings. The summed E-state index contributed by atoms with van der Waals surface area (Å²) in [5.74, 6) is -0.0309. The van der Waals surface area contributed by atoms with Gasteiger partial charge in [-0.25, -0.2) is 4.79 Å². The van der Waals surface area contributed by atoms with E-state index in [0.717, 1.165) is 22.9 Å². The van der Waals surface area contributed by atoms with E-state index in [4.69, 9.17) is 4.74 Å². The minimum absolute atomic E-state index is 0.0309. The zero-order chi connectivity index (χ0) is 19.5. The lowest BCUT2D eigenvalue weighted by Crippen LogP contribution is -2.40. The molecule has 144 valence electrons. The Balaban J connectivity index is 1.34. The van der Waals surface area contributed by atoms with Crippen molar-refractivity contribution < 1.29 is 14.3 Å². The highest BCUT2D eigenvalue weighted by Gasteiger charge is 2.32. The molecule has 7 nitrogen and oxygen atoms in total. The fraction of sp³-hybridized carbons (Fsp3) is 0.286. The number of rotatable bonds is 4. The van der Waals surface area contributed by atoms with Crippen molar-refractivity contribution in [2.24, 2.45) is 0 Å². The number of aromatic amines is 1. The number of fused-ring (bicyclic) bond motifs is 1. The molecule has 7 heteroatoms. The predicted molar refractivity (Wildman–Crippen MR) is 105 cm³/mol. The van der Waals surface area contributed by atoms with Crippen LogP contribution in [0.2, 0.25) is 0 Å². The van der Waals surface area contributed by atoms with Crippen molar-refractivity contribution in [1.29, 1.82) is 0 Å². The molecule has 2 aromatic carbocycles. The Labute approximate surface area is 162 Å². The summed E-state index contributed by atoms with van der Waals surface area (Å²) in [5, 5.41) is 7.77. The lowest BCUT2D eigenvalue weighted by atomic mass is 10.1. The first-order valence-corrected chi connectivity index (χ1v) is 9.28. The van der Waals surface area contributed by atoms with Crippen LogP contribution in [-0.4, -0.2) is 58.2 Å². The van der Waals surface area contributed by atoms with Gasteiger partial charge in [0.2, 0.25) is 0 Å². The molecule has 1 saturated heterocycles. The maximum absolute atomic E-state index is 12.8. The molecule has 2 amide bonds. The summed E-state index contributed by atoms with van der Waals surface area (Å²) in [6.45, 7) is 1.35. The average Bonchev–Trinajstić information content (AvgIpc) is 3.40. The van der Waals surface area contributed by atoms with E-state index in [9.17, 15) is 9.59 Å². The Hall–Kier alpha value is -3.35. The molecule has 4 rings (SSSR count). The normalized spacial score (nSPS) is 16.3. The van der Waals surface area contributed by atoms with E-state index in [1.54, 1.807) is 29.1 Å². The van der Waals surface area contributed by atoms with Gasteiger partial charge in [0, 0.05) is 31.1 Å². The highest BCUT2D eigenvalue weighted by atomic mass is 16.6. The number of H-pyrrole nitrogens is 1. The van der Waals surface area contributed by atoms with Gasteiger partial charge in [-0.1, -0.05) is 30.3 Å². The van der Waals surface area contributed by atoms with Gasteiger partial charge in [0.05, 0.1) is 17.8 Å². The summed E-state index contributed by atoms with van der Waals surface area (Å²) < 4.78 is 5.40. The molecular weight excluding hydrogens is 356 g/mol. The number of nitrogens with zero attached hydrogens (tertiary/aromatic N) is 3. The first-order valence-electron chi connectivity index (χ1n) is 9.28. The highest BCUT2D eigenvalue weighted by molar-refractivity contribution is 5.98. The van der Waals surface area contributed by atoms with Gasteiger partial charge >= 0.3 is 6.09 Å². The number of hydrogen-bond donors (Lipinski definition) is 1. The predicted octanol–water partition coefficient (Wildman–Crippen LogP) is 3.05. The molecular formula is C21H22N4O3. The summed E-state index contributed by atoms with van der Waals surface area (Å²) in [6, 6.07) is 15.0. The number of amides is 2. The molecule has 0 bridgehead atoms. The molecule has 2 heterocycles. The van der Waals surface area contributed by atoms with Crippen molar-refractivity contribution in [3.63, 3.8) is 0 Å². The topological polar surface area (TPSA) is 78.5 Å². The van der Waals surface area contributed by atoms with Gasteiger partial charge in [-0.15, -0.1) is 0 Å². The molecule has 0 radical (unpaired) electrons. The molecule has 0 spiro atoms. The van der Waals surface area contributed by atoms with E-state index in [1.807, 2.05) is 42.5 Å².